The van der Waals surface area contributed by atoms with Crippen LogP contribution in [0.25, 0.3) is 0 Å². The number of nitro groups is 1. The Morgan fingerprint density at radius 3 is 2.70 bits per heavy atom. The monoisotopic (exact) mass is 450 g/mol. The summed E-state index contributed by atoms with van der Waals surface area (Å²) < 4.78 is 10.7. The standard InChI is InChI=1S/C21H22N8O4/c1-32-18-8-3-2-5-15(18)14-22-27-20-24-19(23-16-6-4-7-17(13-16)29(30)31)25-21(26-20)28-9-11-33-12-10-28/h2-8,13-14H,9-12H2,1H3,(H2,23,24,25,26,27)/b22-14+. The minimum atomic E-state index is -0.461. The summed E-state index contributed by atoms with van der Waals surface area (Å²) in [6, 6.07) is 13.6. The van der Waals surface area contributed by atoms with Crippen LogP contribution in [0.4, 0.5) is 29.2 Å². The Morgan fingerprint density at radius 2 is 1.91 bits per heavy atom. The van der Waals surface area contributed by atoms with Gasteiger partial charge in [0.25, 0.3) is 5.69 Å². The van der Waals surface area contributed by atoms with Gasteiger partial charge in [-0.25, -0.2) is 5.43 Å². The molecule has 33 heavy (non-hydrogen) atoms. The quantitative estimate of drug-likeness (QED) is 0.299. The molecular weight excluding hydrogens is 428 g/mol. The van der Waals surface area contributed by atoms with Gasteiger partial charge in [0.2, 0.25) is 17.8 Å². The number of nitrogens with one attached hydrogen (secondary N) is 2. The number of methoxy groups -OCH3 is 1. The van der Waals surface area contributed by atoms with Crippen molar-refractivity contribution in [2.24, 2.45) is 5.10 Å². The molecule has 0 atom stereocenters. The van der Waals surface area contributed by atoms with Crippen LogP contribution in [0.1, 0.15) is 5.56 Å². The van der Waals surface area contributed by atoms with Crippen LogP contribution < -0.4 is 20.4 Å². The fraction of sp³-hybridized carbons (Fsp3) is 0.238. The Balaban J connectivity index is 1.59. The van der Waals surface area contributed by atoms with E-state index in [0.29, 0.717) is 43.7 Å². The molecule has 0 unspecified atom stereocenters. The highest BCUT2D eigenvalue weighted by Gasteiger charge is 2.17. The Bertz CT molecular complexity index is 1150. The molecular formula is C21H22N8O4. The first-order valence-corrected chi connectivity index (χ1v) is 10.1. The molecule has 12 heteroatoms. The second kappa shape index (κ2) is 10.3. The van der Waals surface area contributed by atoms with E-state index in [1.165, 1.54) is 12.1 Å². The maximum atomic E-state index is 11.1. The van der Waals surface area contributed by atoms with Gasteiger partial charge >= 0.3 is 0 Å². The number of ether oxygens (including phenoxy) is 2. The lowest BCUT2D eigenvalue weighted by atomic mass is 10.2. The van der Waals surface area contributed by atoms with Crippen molar-refractivity contribution in [3.05, 3.63) is 64.2 Å². The second-order valence-electron chi connectivity index (χ2n) is 6.93. The minimum absolute atomic E-state index is 0.0396. The molecule has 1 saturated heterocycles. The molecule has 1 aromatic heterocycles. The topological polar surface area (TPSA) is 140 Å². The minimum Gasteiger partial charge on any atom is -0.496 e. The number of non-ortho nitro benzene ring substituents is 1. The van der Waals surface area contributed by atoms with Gasteiger partial charge in [-0.3, -0.25) is 10.1 Å². The van der Waals surface area contributed by atoms with E-state index in [9.17, 15) is 10.1 Å². The maximum absolute atomic E-state index is 11.1. The Labute approximate surface area is 189 Å². The number of hydrogen-bond acceptors (Lipinski definition) is 11. The zero-order chi connectivity index (χ0) is 23.0. The van der Waals surface area contributed by atoms with E-state index in [2.05, 4.69) is 30.8 Å². The van der Waals surface area contributed by atoms with Gasteiger partial charge < -0.3 is 19.7 Å². The summed E-state index contributed by atoms with van der Waals surface area (Å²) in [5.41, 5.74) is 4.05. The molecule has 4 rings (SSSR count). The average Bonchev–Trinajstić information content (AvgIpc) is 2.85. The molecule has 0 spiro atoms. The maximum Gasteiger partial charge on any atom is 0.271 e. The van der Waals surface area contributed by atoms with Crippen molar-refractivity contribution >= 4 is 35.4 Å². The molecule has 12 nitrogen and oxygen atoms in total. The van der Waals surface area contributed by atoms with Gasteiger partial charge in [-0.2, -0.15) is 20.1 Å². The predicted octanol–water partition coefficient (Wildman–Crippen LogP) is 2.81. The van der Waals surface area contributed by atoms with Crippen molar-refractivity contribution in [3.8, 4) is 5.75 Å². The third-order valence-electron chi connectivity index (χ3n) is 4.74. The molecule has 3 aromatic rings. The van der Waals surface area contributed by atoms with E-state index in [4.69, 9.17) is 9.47 Å². The van der Waals surface area contributed by atoms with Crippen molar-refractivity contribution < 1.29 is 14.4 Å². The predicted molar refractivity (Wildman–Crippen MR) is 123 cm³/mol. The van der Waals surface area contributed by atoms with E-state index in [1.54, 1.807) is 25.5 Å². The number of hydrogen-bond donors (Lipinski definition) is 2. The Hall–Kier alpha value is -4.32. The van der Waals surface area contributed by atoms with Crippen LogP contribution in [-0.2, 0) is 4.74 Å². The molecule has 2 heterocycles. The van der Waals surface area contributed by atoms with Crippen molar-refractivity contribution in [2.45, 2.75) is 0 Å². The highest BCUT2D eigenvalue weighted by atomic mass is 16.6. The first-order chi connectivity index (χ1) is 16.1. The molecule has 0 radical (unpaired) electrons. The number of para-hydroxylation sites is 1. The summed E-state index contributed by atoms with van der Waals surface area (Å²) in [5.74, 6) is 1.56. The fourth-order valence-electron chi connectivity index (χ4n) is 3.13. The summed E-state index contributed by atoms with van der Waals surface area (Å²) in [5, 5.41) is 18.3. The fourth-order valence-corrected chi connectivity index (χ4v) is 3.13. The first kappa shape index (κ1) is 21.9. The molecule has 2 N–H and O–H groups in total. The number of benzene rings is 2. The number of nitrogens with zero attached hydrogens (tertiary/aromatic N) is 6. The van der Waals surface area contributed by atoms with E-state index < -0.39 is 4.92 Å². The number of nitro benzene ring substituents is 1. The van der Waals surface area contributed by atoms with Gasteiger partial charge in [-0.1, -0.05) is 18.2 Å². The largest absolute Gasteiger partial charge is 0.496 e. The number of hydrazone groups is 1. The third-order valence-corrected chi connectivity index (χ3v) is 4.74. The molecule has 0 saturated carbocycles. The van der Waals surface area contributed by atoms with Crippen LogP contribution in [0.5, 0.6) is 5.75 Å². The molecule has 0 bridgehead atoms. The highest BCUT2D eigenvalue weighted by Crippen LogP contribution is 2.22. The first-order valence-electron chi connectivity index (χ1n) is 10.1. The van der Waals surface area contributed by atoms with Crippen molar-refractivity contribution in [2.75, 3.05) is 49.1 Å². The van der Waals surface area contributed by atoms with Crippen LogP contribution in [-0.4, -0.2) is 59.5 Å². The lowest BCUT2D eigenvalue weighted by Gasteiger charge is -2.27. The van der Waals surface area contributed by atoms with Crippen LogP contribution in [0.3, 0.4) is 0 Å². The molecule has 2 aromatic carbocycles. The van der Waals surface area contributed by atoms with E-state index >= 15 is 0 Å². The van der Waals surface area contributed by atoms with Crippen molar-refractivity contribution in [1.29, 1.82) is 0 Å². The molecule has 0 amide bonds. The lowest BCUT2D eigenvalue weighted by Crippen LogP contribution is -2.37. The highest BCUT2D eigenvalue weighted by molar-refractivity contribution is 5.83. The zero-order valence-corrected chi connectivity index (χ0v) is 17.8. The van der Waals surface area contributed by atoms with E-state index in [1.807, 2.05) is 29.2 Å². The van der Waals surface area contributed by atoms with E-state index in [-0.39, 0.29) is 17.6 Å². The number of rotatable bonds is 8. The summed E-state index contributed by atoms with van der Waals surface area (Å²) >= 11 is 0. The Morgan fingerprint density at radius 1 is 1.12 bits per heavy atom. The Kier molecular flexibility index (Phi) is 6.85. The molecule has 1 fully saturated rings. The van der Waals surface area contributed by atoms with Gasteiger partial charge in [0.05, 0.1) is 31.5 Å². The number of morpholine rings is 1. The van der Waals surface area contributed by atoms with Crippen LogP contribution in [0.2, 0.25) is 0 Å². The second-order valence-corrected chi connectivity index (χ2v) is 6.93. The summed E-state index contributed by atoms with van der Waals surface area (Å²) in [7, 11) is 1.59. The number of aromatic nitrogens is 3. The van der Waals surface area contributed by atoms with Gasteiger partial charge in [0.1, 0.15) is 5.75 Å². The molecule has 1 aliphatic heterocycles. The average molecular weight is 450 g/mol. The van der Waals surface area contributed by atoms with Crippen molar-refractivity contribution in [3.63, 3.8) is 0 Å². The van der Waals surface area contributed by atoms with Crippen molar-refractivity contribution in [1.82, 2.24) is 15.0 Å². The lowest BCUT2D eigenvalue weighted by molar-refractivity contribution is -0.384. The van der Waals surface area contributed by atoms with Gasteiger partial charge in [0, 0.05) is 36.5 Å². The third kappa shape index (κ3) is 5.68. The van der Waals surface area contributed by atoms with Gasteiger partial charge in [-0.15, -0.1) is 0 Å². The van der Waals surface area contributed by atoms with Gasteiger partial charge in [0.15, 0.2) is 0 Å². The zero-order valence-electron chi connectivity index (χ0n) is 17.8. The molecule has 1 aliphatic rings. The normalized spacial score (nSPS) is 13.7. The van der Waals surface area contributed by atoms with E-state index in [0.717, 1.165) is 5.56 Å². The SMILES string of the molecule is COc1ccccc1/C=N/Nc1nc(Nc2cccc([N+](=O)[O-])c2)nc(N2CCOCC2)n1. The summed E-state index contributed by atoms with van der Waals surface area (Å²) in [6.45, 7) is 2.39. The smallest absolute Gasteiger partial charge is 0.271 e. The van der Waals surface area contributed by atoms with Crippen LogP contribution >= 0.6 is 0 Å². The van der Waals surface area contributed by atoms with Crippen LogP contribution in [0.15, 0.2) is 53.6 Å². The summed E-state index contributed by atoms with van der Waals surface area (Å²) in [4.78, 5) is 25.9. The van der Waals surface area contributed by atoms with Crippen LogP contribution in [0, 0.1) is 10.1 Å². The summed E-state index contributed by atoms with van der Waals surface area (Å²) in [6.07, 6.45) is 1.60. The molecule has 170 valence electrons. The van der Waals surface area contributed by atoms with Gasteiger partial charge in [-0.05, 0) is 18.2 Å². The molecule has 0 aliphatic carbocycles. The number of anilines is 4.